The monoisotopic (exact) mass is 442 g/mol. The minimum atomic E-state index is -0.0982. The Morgan fingerprint density at radius 3 is 2.61 bits per heavy atom. The van der Waals surface area contributed by atoms with Crippen molar-refractivity contribution in [3.8, 4) is 5.75 Å². The zero-order chi connectivity index (χ0) is 23.0. The third-order valence-electron chi connectivity index (χ3n) is 5.83. The van der Waals surface area contributed by atoms with E-state index in [0.29, 0.717) is 26.2 Å². The molecule has 5 heteroatoms. The van der Waals surface area contributed by atoms with Crippen molar-refractivity contribution < 1.29 is 14.3 Å². The molecule has 1 unspecified atom stereocenters. The molecule has 0 spiro atoms. The van der Waals surface area contributed by atoms with Gasteiger partial charge in [0, 0.05) is 50.1 Å². The van der Waals surface area contributed by atoms with Crippen molar-refractivity contribution in [2.75, 3.05) is 20.3 Å². The van der Waals surface area contributed by atoms with Crippen molar-refractivity contribution in [1.29, 1.82) is 0 Å². The van der Waals surface area contributed by atoms with Gasteiger partial charge in [0.05, 0.1) is 6.61 Å². The molecule has 5 nitrogen and oxygen atoms in total. The summed E-state index contributed by atoms with van der Waals surface area (Å²) in [5.74, 6) is 0.695. The molecule has 1 atom stereocenters. The van der Waals surface area contributed by atoms with Crippen LogP contribution in [0.3, 0.4) is 0 Å². The summed E-state index contributed by atoms with van der Waals surface area (Å²) in [6, 6.07) is 26.5. The second kappa shape index (κ2) is 10.8. The van der Waals surface area contributed by atoms with Crippen molar-refractivity contribution in [3.63, 3.8) is 0 Å². The summed E-state index contributed by atoms with van der Waals surface area (Å²) >= 11 is 0. The Kier molecular flexibility index (Phi) is 7.43. The molecule has 0 saturated carbocycles. The summed E-state index contributed by atoms with van der Waals surface area (Å²) in [5.41, 5.74) is 4.45. The van der Waals surface area contributed by atoms with Crippen LogP contribution < -0.4 is 10.1 Å². The molecule has 170 valence electrons. The molecule has 0 aliphatic heterocycles. The number of carbonyl (C=O) groups excluding carboxylic acids is 1. The zero-order valence-corrected chi connectivity index (χ0v) is 19.2. The van der Waals surface area contributed by atoms with E-state index in [9.17, 15) is 4.79 Å². The molecule has 0 fully saturated rings. The van der Waals surface area contributed by atoms with Crippen LogP contribution in [0.15, 0.2) is 85.1 Å². The first kappa shape index (κ1) is 22.6. The number of rotatable bonds is 10. The molecule has 1 aromatic heterocycles. The van der Waals surface area contributed by atoms with E-state index in [1.165, 1.54) is 0 Å². The molecule has 3 aromatic carbocycles. The van der Waals surface area contributed by atoms with E-state index < -0.39 is 0 Å². The van der Waals surface area contributed by atoms with E-state index in [4.69, 9.17) is 9.47 Å². The Morgan fingerprint density at radius 2 is 1.79 bits per heavy atom. The number of ether oxygens (including phenoxy) is 2. The zero-order valence-electron chi connectivity index (χ0n) is 19.2. The largest absolute Gasteiger partial charge is 0.489 e. The second-order valence-electron chi connectivity index (χ2n) is 8.16. The van der Waals surface area contributed by atoms with E-state index >= 15 is 0 Å². The Morgan fingerprint density at radius 1 is 1.00 bits per heavy atom. The van der Waals surface area contributed by atoms with Crippen LogP contribution in [0, 0.1) is 0 Å². The molecule has 0 radical (unpaired) electrons. The molecule has 33 heavy (non-hydrogen) atoms. The summed E-state index contributed by atoms with van der Waals surface area (Å²) in [6.45, 7) is 1.49. The topological polar surface area (TPSA) is 52.5 Å². The van der Waals surface area contributed by atoms with Gasteiger partial charge in [0.2, 0.25) is 5.91 Å². The van der Waals surface area contributed by atoms with Crippen molar-refractivity contribution in [1.82, 2.24) is 9.88 Å². The fraction of sp³-hybridized carbons (Fsp3) is 0.250. The number of methoxy groups -OCH3 is 1. The minimum Gasteiger partial charge on any atom is -0.489 e. The lowest BCUT2D eigenvalue weighted by Gasteiger charge is -2.18. The van der Waals surface area contributed by atoms with Crippen LogP contribution >= 0.6 is 0 Å². The average Bonchev–Trinajstić information content (AvgIpc) is 3.18. The van der Waals surface area contributed by atoms with Crippen molar-refractivity contribution in [2.24, 2.45) is 7.05 Å². The summed E-state index contributed by atoms with van der Waals surface area (Å²) in [4.78, 5) is 12.8. The lowest BCUT2D eigenvalue weighted by molar-refractivity contribution is -0.121. The number of nitrogens with one attached hydrogen (secondary N) is 1. The Hall–Kier alpha value is -3.57. The fourth-order valence-corrected chi connectivity index (χ4v) is 4.17. The Balaban J connectivity index is 1.63. The fourth-order valence-electron chi connectivity index (χ4n) is 4.17. The molecule has 0 bridgehead atoms. The van der Waals surface area contributed by atoms with Gasteiger partial charge < -0.3 is 19.4 Å². The minimum absolute atomic E-state index is 0.000547. The van der Waals surface area contributed by atoms with Gasteiger partial charge in [0.15, 0.2) is 0 Å². The number of benzene rings is 3. The highest BCUT2D eigenvalue weighted by Gasteiger charge is 2.22. The van der Waals surface area contributed by atoms with Gasteiger partial charge in [-0.25, -0.2) is 0 Å². The van der Waals surface area contributed by atoms with Crippen LogP contribution in [0.2, 0.25) is 0 Å². The standard InChI is InChI=1S/C28H30N2O3/c1-30-19-26(24-13-6-7-14-27(24)30)25(18-28(31)29-15-16-32-2)22-11-8-12-23(17-22)33-20-21-9-4-3-5-10-21/h3-14,17,19,25H,15-16,18,20H2,1-2H3,(H,29,31). The van der Waals surface area contributed by atoms with E-state index in [-0.39, 0.29) is 11.8 Å². The normalized spacial score (nSPS) is 11.9. The predicted octanol–water partition coefficient (Wildman–Crippen LogP) is 5.04. The number of carbonyl (C=O) groups is 1. The highest BCUT2D eigenvalue weighted by Crippen LogP contribution is 2.35. The highest BCUT2D eigenvalue weighted by molar-refractivity contribution is 5.86. The molecule has 0 aliphatic rings. The quantitative estimate of drug-likeness (QED) is 0.350. The van der Waals surface area contributed by atoms with Crippen LogP contribution in [0.5, 0.6) is 5.75 Å². The third-order valence-corrected chi connectivity index (χ3v) is 5.83. The molecule has 4 rings (SSSR count). The number of para-hydroxylation sites is 1. The van der Waals surface area contributed by atoms with Crippen LogP contribution in [-0.4, -0.2) is 30.7 Å². The van der Waals surface area contributed by atoms with Crippen LogP contribution in [0.1, 0.15) is 29.0 Å². The summed E-state index contributed by atoms with van der Waals surface area (Å²) in [7, 11) is 3.67. The van der Waals surface area contributed by atoms with E-state index in [0.717, 1.165) is 33.3 Å². The molecule has 1 heterocycles. The van der Waals surface area contributed by atoms with Gasteiger partial charge in [0.1, 0.15) is 12.4 Å². The maximum Gasteiger partial charge on any atom is 0.221 e. The van der Waals surface area contributed by atoms with Gasteiger partial charge in [-0.05, 0) is 34.9 Å². The Bertz CT molecular complexity index is 1200. The molecular weight excluding hydrogens is 412 g/mol. The summed E-state index contributed by atoms with van der Waals surface area (Å²) < 4.78 is 13.3. The lowest BCUT2D eigenvalue weighted by Crippen LogP contribution is -2.28. The molecule has 1 amide bonds. The highest BCUT2D eigenvalue weighted by atomic mass is 16.5. The van der Waals surface area contributed by atoms with Crippen LogP contribution in [-0.2, 0) is 23.2 Å². The van der Waals surface area contributed by atoms with Gasteiger partial charge in [-0.2, -0.15) is 0 Å². The second-order valence-corrected chi connectivity index (χ2v) is 8.16. The molecule has 0 aliphatic carbocycles. The van der Waals surface area contributed by atoms with Gasteiger partial charge in [0.25, 0.3) is 0 Å². The maximum absolute atomic E-state index is 12.8. The first-order valence-corrected chi connectivity index (χ1v) is 11.2. The van der Waals surface area contributed by atoms with Gasteiger partial charge in [-0.3, -0.25) is 4.79 Å². The Labute approximate surface area is 195 Å². The number of hydrogen-bond donors (Lipinski definition) is 1. The lowest BCUT2D eigenvalue weighted by atomic mass is 9.88. The smallest absolute Gasteiger partial charge is 0.221 e. The first-order valence-electron chi connectivity index (χ1n) is 11.2. The first-order chi connectivity index (χ1) is 16.2. The number of aromatic nitrogens is 1. The number of nitrogens with zero attached hydrogens (tertiary/aromatic N) is 1. The maximum atomic E-state index is 12.8. The average molecular weight is 443 g/mol. The van der Waals surface area contributed by atoms with Crippen LogP contribution in [0.25, 0.3) is 10.9 Å². The van der Waals surface area contributed by atoms with E-state index in [1.807, 2.05) is 61.6 Å². The molecule has 0 saturated heterocycles. The van der Waals surface area contributed by atoms with E-state index in [2.05, 4.69) is 40.3 Å². The predicted molar refractivity (Wildman–Crippen MR) is 131 cm³/mol. The number of aryl methyl sites for hydroxylation is 1. The number of amides is 1. The van der Waals surface area contributed by atoms with Crippen LogP contribution in [0.4, 0.5) is 0 Å². The number of hydrogen-bond acceptors (Lipinski definition) is 3. The van der Waals surface area contributed by atoms with Crippen molar-refractivity contribution in [3.05, 3.63) is 102 Å². The SMILES string of the molecule is COCCNC(=O)CC(c1cccc(OCc2ccccc2)c1)c1cn(C)c2ccccc12. The third kappa shape index (κ3) is 5.62. The van der Waals surface area contributed by atoms with Gasteiger partial charge in [-0.1, -0.05) is 60.7 Å². The number of fused-ring (bicyclic) bond motifs is 1. The summed E-state index contributed by atoms with van der Waals surface area (Å²) in [6.07, 6.45) is 2.48. The molecule has 4 aromatic rings. The molecular formula is C28H30N2O3. The van der Waals surface area contributed by atoms with Crippen molar-refractivity contribution >= 4 is 16.8 Å². The van der Waals surface area contributed by atoms with Gasteiger partial charge in [-0.15, -0.1) is 0 Å². The molecule has 1 N–H and O–H groups in total. The van der Waals surface area contributed by atoms with E-state index in [1.54, 1.807) is 7.11 Å². The van der Waals surface area contributed by atoms with Crippen molar-refractivity contribution in [2.45, 2.75) is 18.9 Å². The summed E-state index contributed by atoms with van der Waals surface area (Å²) in [5, 5.41) is 4.13. The van der Waals surface area contributed by atoms with Gasteiger partial charge >= 0.3 is 0 Å².